The predicted molar refractivity (Wildman–Crippen MR) is 126 cm³/mol. The maximum Gasteiger partial charge on any atom is 0.433 e. The fourth-order valence-electron chi connectivity index (χ4n) is 3.37. The number of hydrogen-bond donors (Lipinski definition) is 0. The third-order valence-electron chi connectivity index (χ3n) is 5.22. The van der Waals surface area contributed by atoms with E-state index in [9.17, 15) is 18.0 Å². The number of hydrogen-bond acceptors (Lipinski definition) is 6. The summed E-state index contributed by atoms with van der Waals surface area (Å²) in [6, 6.07) is 7.57. The Kier molecular flexibility index (Phi) is 5.34. The number of aryl methyl sites for hydroxylation is 2. The molecule has 0 aliphatic carbocycles. The number of thiazole rings is 1. The van der Waals surface area contributed by atoms with Crippen molar-refractivity contribution in [2.24, 2.45) is 0 Å². The van der Waals surface area contributed by atoms with Crippen molar-refractivity contribution in [1.29, 1.82) is 0 Å². The van der Waals surface area contributed by atoms with Crippen molar-refractivity contribution >= 4 is 55.8 Å². The fraction of sp³-hybridized carbons (Fsp3) is 0.136. The number of halogens is 5. The quantitative estimate of drug-likeness (QED) is 0.269. The van der Waals surface area contributed by atoms with Crippen LogP contribution in [0.2, 0.25) is 10.0 Å². The minimum atomic E-state index is -4.60. The molecule has 0 saturated carbocycles. The van der Waals surface area contributed by atoms with Crippen molar-refractivity contribution < 1.29 is 13.2 Å². The van der Waals surface area contributed by atoms with Crippen LogP contribution in [0.15, 0.2) is 41.3 Å². The average molecular weight is 522 g/mol. The summed E-state index contributed by atoms with van der Waals surface area (Å²) in [5.41, 5.74) is 1.26. The molecular formula is C22H12Cl2F3N5OS. The van der Waals surface area contributed by atoms with Crippen LogP contribution >= 0.6 is 34.5 Å². The Morgan fingerprint density at radius 2 is 1.79 bits per heavy atom. The molecule has 34 heavy (non-hydrogen) atoms. The van der Waals surface area contributed by atoms with E-state index in [4.69, 9.17) is 23.2 Å². The first kappa shape index (κ1) is 22.7. The molecule has 172 valence electrons. The van der Waals surface area contributed by atoms with Gasteiger partial charge in [-0.3, -0.25) is 4.79 Å². The molecule has 0 saturated heterocycles. The van der Waals surface area contributed by atoms with E-state index < -0.39 is 17.3 Å². The Bertz CT molecular complexity index is 1680. The van der Waals surface area contributed by atoms with E-state index in [-0.39, 0.29) is 31.5 Å². The van der Waals surface area contributed by atoms with Gasteiger partial charge in [-0.05, 0) is 49.7 Å². The van der Waals surface area contributed by atoms with Gasteiger partial charge in [-0.1, -0.05) is 23.2 Å². The van der Waals surface area contributed by atoms with Crippen LogP contribution in [0.25, 0.3) is 37.6 Å². The van der Waals surface area contributed by atoms with E-state index in [0.29, 0.717) is 21.9 Å². The van der Waals surface area contributed by atoms with E-state index in [2.05, 4.69) is 20.1 Å². The van der Waals surface area contributed by atoms with Crippen molar-refractivity contribution in [1.82, 2.24) is 24.7 Å². The van der Waals surface area contributed by atoms with Crippen LogP contribution in [0, 0.1) is 13.8 Å². The van der Waals surface area contributed by atoms with E-state index in [1.807, 2.05) is 6.92 Å². The molecule has 0 fully saturated rings. The van der Waals surface area contributed by atoms with Gasteiger partial charge in [-0.2, -0.15) is 18.3 Å². The van der Waals surface area contributed by atoms with Crippen LogP contribution in [0.4, 0.5) is 13.2 Å². The molecule has 1 aromatic carbocycles. The van der Waals surface area contributed by atoms with Crippen molar-refractivity contribution in [2.45, 2.75) is 20.0 Å². The zero-order chi connectivity index (χ0) is 24.4. The Morgan fingerprint density at radius 3 is 2.50 bits per heavy atom. The van der Waals surface area contributed by atoms with Crippen LogP contribution in [0.3, 0.4) is 0 Å². The average Bonchev–Trinajstić information content (AvgIpc) is 3.20. The van der Waals surface area contributed by atoms with Crippen molar-refractivity contribution in [2.75, 3.05) is 0 Å². The first-order valence-corrected chi connectivity index (χ1v) is 11.3. The number of pyridine rings is 2. The van der Waals surface area contributed by atoms with Gasteiger partial charge in [0.1, 0.15) is 21.7 Å². The molecule has 0 spiro atoms. The lowest BCUT2D eigenvalue weighted by Crippen LogP contribution is -2.17. The van der Waals surface area contributed by atoms with E-state index in [1.165, 1.54) is 4.68 Å². The Balaban J connectivity index is 1.81. The lowest BCUT2D eigenvalue weighted by atomic mass is 10.2. The molecule has 4 heterocycles. The Morgan fingerprint density at radius 1 is 1.03 bits per heavy atom. The summed E-state index contributed by atoms with van der Waals surface area (Å²) in [5, 5.41) is 5.30. The molecule has 0 bridgehead atoms. The molecule has 5 aromatic rings. The molecule has 0 radical (unpaired) electrons. The largest absolute Gasteiger partial charge is 0.433 e. The summed E-state index contributed by atoms with van der Waals surface area (Å²) in [5.74, 6) is 0. The van der Waals surface area contributed by atoms with Gasteiger partial charge in [-0.15, -0.1) is 11.3 Å². The summed E-state index contributed by atoms with van der Waals surface area (Å²) >= 11 is 13.2. The number of nitrogens with zero attached hydrogens (tertiary/aromatic N) is 5. The monoisotopic (exact) mass is 521 g/mol. The lowest BCUT2D eigenvalue weighted by molar-refractivity contribution is -0.141. The summed E-state index contributed by atoms with van der Waals surface area (Å²) in [6.45, 7) is 3.64. The third kappa shape index (κ3) is 3.81. The molecule has 0 N–H and O–H groups in total. The predicted octanol–water partition coefficient (Wildman–Crippen LogP) is 6.39. The first-order valence-electron chi connectivity index (χ1n) is 9.74. The summed E-state index contributed by atoms with van der Waals surface area (Å²) in [7, 11) is 0. The lowest BCUT2D eigenvalue weighted by Gasteiger charge is -2.13. The number of rotatable bonds is 2. The van der Waals surface area contributed by atoms with Gasteiger partial charge in [-0.25, -0.2) is 19.6 Å². The van der Waals surface area contributed by atoms with E-state index in [1.54, 1.807) is 31.2 Å². The second kappa shape index (κ2) is 8.00. The second-order valence-corrected chi connectivity index (χ2v) is 9.35. The van der Waals surface area contributed by atoms with Crippen molar-refractivity contribution in [3.8, 4) is 16.4 Å². The van der Waals surface area contributed by atoms with Crippen LogP contribution in [0.1, 0.15) is 17.0 Å². The molecule has 0 amide bonds. The molecule has 4 aromatic heterocycles. The van der Waals surface area contributed by atoms with Crippen LogP contribution in [0.5, 0.6) is 0 Å². The molecular weight excluding hydrogens is 510 g/mol. The van der Waals surface area contributed by atoms with Crippen LogP contribution in [-0.4, -0.2) is 24.7 Å². The maximum absolute atomic E-state index is 13.4. The first-order chi connectivity index (χ1) is 16.0. The number of aromatic nitrogens is 5. The van der Waals surface area contributed by atoms with Crippen LogP contribution < -0.4 is 5.43 Å². The Labute approximate surface area is 203 Å². The summed E-state index contributed by atoms with van der Waals surface area (Å²) < 4.78 is 41.0. The zero-order valence-corrected chi connectivity index (χ0v) is 19.7. The zero-order valence-electron chi connectivity index (χ0n) is 17.4. The van der Waals surface area contributed by atoms with Crippen molar-refractivity contribution in [3.63, 3.8) is 0 Å². The molecule has 12 heteroatoms. The van der Waals surface area contributed by atoms with Gasteiger partial charge < -0.3 is 0 Å². The van der Waals surface area contributed by atoms with Crippen molar-refractivity contribution in [3.05, 3.63) is 73.7 Å². The second-order valence-electron chi connectivity index (χ2n) is 7.50. The topological polar surface area (TPSA) is 73.6 Å². The SMILES string of the molecule is Cc1cc2c(nc1C)c(=O)c(-c1nc3cnc(C(F)(F)F)cc3s1)nn2-c1ccc(Cl)c(Cl)c1. The number of benzene rings is 1. The van der Waals surface area contributed by atoms with Crippen LogP contribution in [-0.2, 0) is 6.18 Å². The van der Waals surface area contributed by atoms with Gasteiger partial charge in [0, 0.05) is 5.69 Å². The van der Waals surface area contributed by atoms with Gasteiger partial charge in [0.05, 0.1) is 32.1 Å². The fourth-order valence-corrected chi connectivity index (χ4v) is 4.62. The maximum atomic E-state index is 13.4. The molecule has 5 rings (SSSR count). The number of fused-ring (bicyclic) bond motifs is 2. The molecule has 0 unspecified atom stereocenters. The highest BCUT2D eigenvalue weighted by atomic mass is 35.5. The minimum absolute atomic E-state index is 0.0518. The normalized spacial score (nSPS) is 12.1. The molecule has 6 nitrogen and oxygen atoms in total. The van der Waals surface area contributed by atoms with Gasteiger partial charge in [0.25, 0.3) is 0 Å². The highest BCUT2D eigenvalue weighted by Crippen LogP contribution is 2.34. The van der Waals surface area contributed by atoms with E-state index in [0.717, 1.165) is 29.2 Å². The van der Waals surface area contributed by atoms with Gasteiger partial charge >= 0.3 is 6.18 Å². The molecule has 0 atom stereocenters. The number of alkyl halides is 3. The smallest absolute Gasteiger partial charge is 0.285 e. The molecule has 0 aliphatic heterocycles. The molecule has 0 aliphatic rings. The van der Waals surface area contributed by atoms with Gasteiger partial charge in [0.2, 0.25) is 5.43 Å². The summed E-state index contributed by atoms with van der Waals surface area (Å²) in [4.78, 5) is 25.6. The van der Waals surface area contributed by atoms with Gasteiger partial charge in [0.15, 0.2) is 5.69 Å². The minimum Gasteiger partial charge on any atom is -0.285 e. The standard InChI is InChI=1S/C22H12Cl2F3N5OS/c1-9-5-15-18(29-10(9)2)20(33)19(31-32(15)11-3-4-12(23)13(24)6-11)21-30-14-8-28-17(22(25,26)27)7-16(14)34-21/h3-8H,1-2H3. The third-order valence-corrected chi connectivity index (χ3v) is 6.98. The summed E-state index contributed by atoms with van der Waals surface area (Å²) in [6.07, 6.45) is -3.57. The Hall–Kier alpha value is -3.08. The van der Waals surface area contributed by atoms with E-state index >= 15 is 0 Å². The highest BCUT2D eigenvalue weighted by molar-refractivity contribution is 7.21. The highest BCUT2D eigenvalue weighted by Gasteiger charge is 2.33.